The van der Waals surface area contributed by atoms with Gasteiger partial charge in [-0.15, -0.1) is 0 Å². The van der Waals surface area contributed by atoms with Gasteiger partial charge in [0, 0.05) is 6.04 Å². The van der Waals surface area contributed by atoms with E-state index >= 15 is 0 Å². The third kappa shape index (κ3) is 2.82. The molecule has 1 unspecified atom stereocenters. The Bertz CT molecular complexity index is 251. The molecule has 1 heterocycles. The van der Waals surface area contributed by atoms with Crippen LogP contribution in [-0.2, 0) is 6.42 Å². The second-order valence-electron chi connectivity index (χ2n) is 4.19. The number of hydrogen-bond acceptors (Lipinski definition) is 2. The van der Waals surface area contributed by atoms with Gasteiger partial charge >= 0.3 is 0 Å². The van der Waals surface area contributed by atoms with Crippen LogP contribution in [0.2, 0.25) is 0 Å². The van der Waals surface area contributed by atoms with Gasteiger partial charge in [0.15, 0.2) is 0 Å². The van der Waals surface area contributed by atoms with E-state index in [2.05, 4.69) is 29.1 Å². The lowest BCUT2D eigenvalue weighted by molar-refractivity contribution is 0.453. The van der Waals surface area contributed by atoms with Crippen LogP contribution in [0.25, 0.3) is 0 Å². The van der Waals surface area contributed by atoms with Crippen molar-refractivity contribution in [3.05, 3.63) is 22.4 Å². The van der Waals surface area contributed by atoms with Crippen molar-refractivity contribution >= 4 is 11.3 Å². The monoisotopic (exact) mass is 209 g/mol. The maximum Gasteiger partial charge on any atom is 0.00928 e. The molecule has 1 aromatic rings. The fourth-order valence-corrected chi connectivity index (χ4v) is 2.68. The number of thiophene rings is 1. The van der Waals surface area contributed by atoms with E-state index in [9.17, 15) is 0 Å². The van der Waals surface area contributed by atoms with E-state index in [1.165, 1.54) is 31.2 Å². The van der Waals surface area contributed by atoms with E-state index in [0.29, 0.717) is 0 Å². The molecule has 1 aliphatic rings. The van der Waals surface area contributed by atoms with Gasteiger partial charge in [0.25, 0.3) is 0 Å². The summed E-state index contributed by atoms with van der Waals surface area (Å²) in [4.78, 5) is 0. The van der Waals surface area contributed by atoms with E-state index in [1.54, 1.807) is 11.3 Å². The number of hydrogen-bond donors (Lipinski definition) is 1. The summed E-state index contributed by atoms with van der Waals surface area (Å²) in [6.07, 6.45) is 5.37. The van der Waals surface area contributed by atoms with E-state index < -0.39 is 0 Å². The molecule has 1 aliphatic carbocycles. The van der Waals surface area contributed by atoms with Crippen LogP contribution in [0, 0.1) is 5.92 Å². The molecule has 2 rings (SSSR count). The molecule has 0 aromatic carbocycles. The van der Waals surface area contributed by atoms with Crippen LogP contribution in [-0.4, -0.2) is 12.6 Å². The molecule has 1 atom stereocenters. The van der Waals surface area contributed by atoms with Crippen molar-refractivity contribution in [2.45, 2.75) is 38.6 Å². The summed E-state index contributed by atoms with van der Waals surface area (Å²) in [6.45, 7) is 3.44. The van der Waals surface area contributed by atoms with Crippen molar-refractivity contribution in [3.8, 4) is 0 Å². The predicted octanol–water partition coefficient (Wildman–Crippen LogP) is 3.07. The van der Waals surface area contributed by atoms with Crippen molar-refractivity contribution in [2.24, 2.45) is 5.92 Å². The number of nitrogens with one attached hydrogen (secondary N) is 1. The quantitative estimate of drug-likeness (QED) is 0.759. The standard InChI is InChI=1S/C12H19NS/c1-2-12(11-3-4-11)13-7-5-10-6-8-14-9-10/h6,8-9,11-13H,2-5,7H2,1H3. The summed E-state index contributed by atoms with van der Waals surface area (Å²) < 4.78 is 0. The average molecular weight is 209 g/mol. The molecule has 1 fully saturated rings. The molecule has 2 heteroatoms. The molecule has 0 aliphatic heterocycles. The Labute approximate surface area is 90.5 Å². The van der Waals surface area contributed by atoms with Crippen LogP contribution in [0.15, 0.2) is 16.8 Å². The molecule has 1 saturated carbocycles. The zero-order valence-corrected chi connectivity index (χ0v) is 9.65. The van der Waals surface area contributed by atoms with E-state index in [0.717, 1.165) is 18.5 Å². The van der Waals surface area contributed by atoms with Crippen molar-refractivity contribution in [1.82, 2.24) is 5.32 Å². The summed E-state index contributed by atoms with van der Waals surface area (Å²) in [5.74, 6) is 0.988. The lowest BCUT2D eigenvalue weighted by atomic mass is 10.1. The maximum atomic E-state index is 3.67. The van der Waals surface area contributed by atoms with Crippen LogP contribution in [0.4, 0.5) is 0 Å². The Balaban J connectivity index is 1.66. The first kappa shape index (κ1) is 10.2. The van der Waals surface area contributed by atoms with Crippen molar-refractivity contribution in [1.29, 1.82) is 0 Å². The minimum atomic E-state index is 0.786. The van der Waals surface area contributed by atoms with Crippen molar-refractivity contribution in [2.75, 3.05) is 6.54 Å². The minimum absolute atomic E-state index is 0.786. The molecular formula is C12H19NS. The Morgan fingerprint density at radius 3 is 3.00 bits per heavy atom. The highest BCUT2D eigenvalue weighted by molar-refractivity contribution is 7.07. The zero-order valence-electron chi connectivity index (χ0n) is 8.83. The van der Waals surface area contributed by atoms with Crippen molar-refractivity contribution in [3.63, 3.8) is 0 Å². The normalized spacial score (nSPS) is 18.4. The molecule has 1 aromatic heterocycles. The highest BCUT2D eigenvalue weighted by Gasteiger charge is 2.29. The minimum Gasteiger partial charge on any atom is -0.313 e. The van der Waals surface area contributed by atoms with Gasteiger partial charge in [-0.05, 0) is 60.5 Å². The molecule has 0 radical (unpaired) electrons. The van der Waals surface area contributed by atoms with E-state index in [-0.39, 0.29) is 0 Å². The lowest BCUT2D eigenvalue weighted by Gasteiger charge is -2.15. The molecule has 14 heavy (non-hydrogen) atoms. The van der Waals surface area contributed by atoms with Gasteiger partial charge in [0.05, 0.1) is 0 Å². The second kappa shape index (κ2) is 4.94. The molecular weight excluding hydrogens is 190 g/mol. The Morgan fingerprint density at radius 1 is 1.57 bits per heavy atom. The molecule has 0 saturated heterocycles. The summed E-state index contributed by atoms with van der Waals surface area (Å²) in [5.41, 5.74) is 1.48. The average Bonchev–Trinajstić information content (AvgIpc) is 2.91. The highest BCUT2D eigenvalue weighted by atomic mass is 32.1. The summed E-state index contributed by atoms with van der Waals surface area (Å²) in [7, 11) is 0. The summed E-state index contributed by atoms with van der Waals surface area (Å²) in [5, 5.41) is 8.08. The molecule has 0 spiro atoms. The Hall–Kier alpha value is -0.340. The van der Waals surface area contributed by atoms with E-state index in [4.69, 9.17) is 0 Å². The molecule has 78 valence electrons. The summed E-state index contributed by atoms with van der Waals surface area (Å²) >= 11 is 1.80. The van der Waals surface area contributed by atoms with Gasteiger partial charge in [0.2, 0.25) is 0 Å². The first-order valence-corrected chi connectivity index (χ1v) is 6.59. The fraction of sp³-hybridized carbons (Fsp3) is 0.667. The third-order valence-corrected chi connectivity index (χ3v) is 3.76. The van der Waals surface area contributed by atoms with Crippen LogP contribution in [0.3, 0.4) is 0 Å². The molecule has 1 nitrogen and oxygen atoms in total. The van der Waals surface area contributed by atoms with Crippen LogP contribution in [0.5, 0.6) is 0 Å². The molecule has 1 N–H and O–H groups in total. The third-order valence-electron chi connectivity index (χ3n) is 3.03. The van der Waals surface area contributed by atoms with Gasteiger partial charge in [-0.1, -0.05) is 6.92 Å². The second-order valence-corrected chi connectivity index (χ2v) is 4.97. The van der Waals surface area contributed by atoms with Gasteiger partial charge in [-0.2, -0.15) is 11.3 Å². The maximum absolute atomic E-state index is 3.67. The zero-order chi connectivity index (χ0) is 9.80. The number of rotatable bonds is 6. The first-order chi connectivity index (χ1) is 6.90. The van der Waals surface area contributed by atoms with E-state index in [1.807, 2.05) is 0 Å². The smallest absolute Gasteiger partial charge is 0.00928 e. The largest absolute Gasteiger partial charge is 0.313 e. The highest BCUT2D eigenvalue weighted by Crippen LogP contribution is 2.33. The SMILES string of the molecule is CCC(NCCc1ccsc1)C1CC1. The molecule has 0 bridgehead atoms. The first-order valence-electron chi connectivity index (χ1n) is 5.64. The van der Waals surface area contributed by atoms with Crippen LogP contribution >= 0.6 is 11.3 Å². The van der Waals surface area contributed by atoms with Crippen LogP contribution in [0.1, 0.15) is 31.7 Å². The van der Waals surface area contributed by atoms with Gasteiger partial charge in [-0.25, -0.2) is 0 Å². The van der Waals surface area contributed by atoms with Crippen molar-refractivity contribution < 1.29 is 0 Å². The van der Waals surface area contributed by atoms with Gasteiger partial charge < -0.3 is 5.32 Å². The molecule has 0 amide bonds. The predicted molar refractivity (Wildman–Crippen MR) is 62.8 cm³/mol. The fourth-order valence-electron chi connectivity index (χ4n) is 1.98. The Morgan fingerprint density at radius 2 is 2.43 bits per heavy atom. The van der Waals surface area contributed by atoms with Gasteiger partial charge in [0.1, 0.15) is 0 Å². The van der Waals surface area contributed by atoms with Gasteiger partial charge in [-0.3, -0.25) is 0 Å². The topological polar surface area (TPSA) is 12.0 Å². The van der Waals surface area contributed by atoms with Crippen LogP contribution < -0.4 is 5.32 Å². The Kier molecular flexibility index (Phi) is 3.60. The summed E-state index contributed by atoms with van der Waals surface area (Å²) in [6, 6.07) is 3.01. The lowest BCUT2D eigenvalue weighted by Crippen LogP contribution is -2.31.